The lowest BCUT2D eigenvalue weighted by Gasteiger charge is -2.17. The quantitative estimate of drug-likeness (QED) is 0.684. The monoisotopic (exact) mass is 404 g/mol. The minimum absolute atomic E-state index is 0.203. The van der Waals surface area contributed by atoms with Gasteiger partial charge in [-0.2, -0.15) is 0 Å². The molecular formula is C20H21ClN2O5. The van der Waals surface area contributed by atoms with Crippen LogP contribution in [-0.4, -0.2) is 50.0 Å². The molecule has 0 bridgehead atoms. The summed E-state index contributed by atoms with van der Waals surface area (Å²) in [6.07, 6.45) is 0. The third kappa shape index (κ3) is 6.37. The van der Waals surface area contributed by atoms with Crippen LogP contribution in [0.25, 0.3) is 0 Å². The summed E-state index contributed by atoms with van der Waals surface area (Å²) in [5.41, 5.74) is 1.59. The van der Waals surface area contributed by atoms with E-state index in [0.29, 0.717) is 22.9 Å². The molecule has 0 saturated carbocycles. The lowest BCUT2D eigenvalue weighted by Crippen LogP contribution is -2.37. The van der Waals surface area contributed by atoms with Gasteiger partial charge >= 0.3 is 5.97 Å². The summed E-state index contributed by atoms with van der Waals surface area (Å²) in [5.74, 6) is -1.54. The summed E-state index contributed by atoms with van der Waals surface area (Å²) < 4.78 is 10.1. The van der Waals surface area contributed by atoms with Crippen molar-refractivity contribution in [2.24, 2.45) is 0 Å². The predicted octanol–water partition coefficient (Wildman–Crippen LogP) is 2.74. The maximum atomic E-state index is 12.1. The number of rotatable bonds is 8. The first-order chi connectivity index (χ1) is 13.4. The lowest BCUT2D eigenvalue weighted by molar-refractivity contribution is -0.136. The number of carbonyl (C=O) groups excluding carboxylic acids is 3. The average molecular weight is 405 g/mol. The molecule has 148 valence electrons. The van der Waals surface area contributed by atoms with E-state index >= 15 is 0 Å². The molecule has 2 amide bonds. The second-order valence-corrected chi connectivity index (χ2v) is 6.39. The van der Waals surface area contributed by atoms with Crippen molar-refractivity contribution in [1.29, 1.82) is 0 Å². The maximum Gasteiger partial charge on any atom is 0.338 e. The number of hydrogen-bond donors (Lipinski definition) is 1. The second kappa shape index (κ2) is 10.4. The van der Waals surface area contributed by atoms with Crippen molar-refractivity contribution >= 4 is 35.1 Å². The molecule has 0 spiro atoms. The molecule has 0 fully saturated rings. The maximum absolute atomic E-state index is 12.1. The Morgan fingerprint density at radius 2 is 1.86 bits per heavy atom. The highest BCUT2D eigenvalue weighted by Gasteiger charge is 2.16. The highest BCUT2D eigenvalue weighted by atomic mass is 35.5. The van der Waals surface area contributed by atoms with Crippen molar-refractivity contribution in [2.45, 2.75) is 6.61 Å². The van der Waals surface area contributed by atoms with Gasteiger partial charge in [0.2, 0.25) is 5.91 Å². The van der Waals surface area contributed by atoms with E-state index in [1.54, 1.807) is 49.6 Å². The third-order valence-corrected chi connectivity index (χ3v) is 4.08. The number of benzene rings is 2. The second-order valence-electron chi connectivity index (χ2n) is 5.99. The molecule has 2 rings (SSSR count). The molecule has 1 N–H and O–H groups in total. The molecule has 0 atom stereocenters. The number of ether oxygens (including phenoxy) is 2. The van der Waals surface area contributed by atoms with Gasteiger partial charge in [0.05, 0.1) is 29.4 Å². The molecule has 2 aromatic carbocycles. The molecule has 8 heteroatoms. The van der Waals surface area contributed by atoms with Crippen LogP contribution < -0.4 is 5.32 Å². The Labute approximate surface area is 168 Å². The van der Waals surface area contributed by atoms with Gasteiger partial charge < -0.3 is 19.7 Å². The Hall–Kier alpha value is -2.90. The fourth-order valence-electron chi connectivity index (χ4n) is 2.33. The largest absolute Gasteiger partial charge is 0.452 e. The predicted molar refractivity (Wildman–Crippen MR) is 105 cm³/mol. The zero-order chi connectivity index (χ0) is 20.5. The van der Waals surface area contributed by atoms with Crippen LogP contribution in [0.4, 0.5) is 5.69 Å². The number of methoxy groups -OCH3 is 1. The molecule has 2 aromatic rings. The number of carbonyl (C=O) groups is 3. The Balaban J connectivity index is 1.83. The van der Waals surface area contributed by atoms with Crippen LogP contribution in [0.15, 0.2) is 48.5 Å². The minimum atomic E-state index is -0.625. The van der Waals surface area contributed by atoms with E-state index in [1.165, 1.54) is 11.9 Å². The number of likely N-dealkylation sites (N-methyl/N-ethyl adjacent to an activating group) is 1. The Bertz CT molecular complexity index is 856. The number of nitrogens with one attached hydrogen (secondary N) is 1. The first-order valence-electron chi connectivity index (χ1n) is 8.44. The molecule has 0 heterocycles. The van der Waals surface area contributed by atoms with Gasteiger partial charge in [-0.15, -0.1) is 0 Å². The number of para-hydroxylation sites is 1. The Kier molecular flexibility index (Phi) is 7.98. The van der Waals surface area contributed by atoms with E-state index in [1.807, 2.05) is 6.07 Å². The standard InChI is InChI=1S/C20H21ClN2O5/c1-23(11-18(24)22-17-9-4-3-8-16(17)21)19(25)13-28-20(26)15-7-5-6-14(10-15)12-27-2/h3-10H,11-13H2,1-2H3,(H,22,24). The number of hydrogen-bond acceptors (Lipinski definition) is 5. The van der Waals surface area contributed by atoms with Crippen LogP contribution in [0.2, 0.25) is 5.02 Å². The molecule has 0 unspecified atom stereocenters. The highest BCUT2D eigenvalue weighted by Crippen LogP contribution is 2.20. The van der Waals surface area contributed by atoms with E-state index in [4.69, 9.17) is 21.1 Å². The van der Waals surface area contributed by atoms with E-state index in [9.17, 15) is 14.4 Å². The van der Waals surface area contributed by atoms with E-state index in [-0.39, 0.29) is 6.54 Å². The fourth-order valence-corrected chi connectivity index (χ4v) is 2.51. The summed E-state index contributed by atoms with van der Waals surface area (Å²) in [7, 11) is 3.00. The van der Waals surface area contributed by atoms with Gasteiger partial charge in [-0.1, -0.05) is 35.9 Å². The van der Waals surface area contributed by atoms with Crippen LogP contribution in [-0.2, 0) is 25.7 Å². The van der Waals surface area contributed by atoms with Crippen LogP contribution in [0.5, 0.6) is 0 Å². The van der Waals surface area contributed by atoms with Gasteiger partial charge in [-0.3, -0.25) is 9.59 Å². The first-order valence-corrected chi connectivity index (χ1v) is 8.82. The summed E-state index contributed by atoms with van der Waals surface area (Å²) in [6.45, 7) is -0.308. The number of amides is 2. The van der Waals surface area contributed by atoms with E-state index < -0.39 is 24.4 Å². The van der Waals surface area contributed by atoms with Crippen LogP contribution in [0, 0.1) is 0 Å². The van der Waals surface area contributed by atoms with E-state index in [2.05, 4.69) is 5.32 Å². The first kappa shape index (κ1) is 21.4. The van der Waals surface area contributed by atoms with Crippen LogP contribution in [0.3, 0.4) is 0 Å². The molecule has 0 aliphatic carbocycles. The molecule has 0 aliphatic heterocycles. The summed E-state index contributed by atoms with van der Waals surface area (Å²) in [5, 5.41) is 3.02. The van der Waals surface area contributed by atoms with Gasteiger partial charge in [-0.05, 0) is 29.8 Å². The van der Waals surface area contributed by atoms with Gasteiger partial charge in [0.1, 0.15) is 0 Å². The Morgan fingerprint density at radius 3 is 2.57 bits per heavy atom. The zero-order valence-electron chi connectivity index (χ0n) is 15.6. The van der Waals surface area contributed by atoms with Crippen molar-refractivity contribution < 1.29 is 23.9 Å². The number of esters is 1. The molecule has 28 heavy (non-hydrogen) atoms. The van der Waals surface area contributed by atoms with Gasteiger partial charge in [0.15, 0.2) is 6.61 Å². The van der Waals surface area contributed by atoms with Crippen molar-refractivity contribution in [3.8, 4) is 0 Å². The number of nitrogens with zero attached hydrogens (tertiary/aromatic N) is 1. The normalized spacial score (nSPS) is 10.2. The Morgan fingerprint density at radius 1 is 1.11 bits per heavy atom. The lowest BCUT2D eigenvalue weighted by atomic mass is 10.1. The van der Waals surface area contributed by atoms with Gasteiger partial charge in [0, 0.05) is 14.2 Å². The zero-order valence-corrected chi connectivity index (χ0v) is 16.4. The van der Waals surface area contributed by atoms with Crippen molar-refractivity contribution in [3.63, 3.8) is 0 Å². The van der Waals surface area contributed by atoms with Crippen LogP contribution >= 0.6 is 11.6 Å². The van der Waals surface area contributed by atoms with Crippen LogP contribution in [0.1, 0.15) is 15.9 Å². The summed E-state index contributed by atoms with van der Waals surface area (Å²) >= 11 is 5.98. The highest BCUT2D eigenvalue weighted by molar-refractivity contribution is 6.33. The molecule has 0 radical (unpaired) electrons. The topological polar surface area (TPSA) is 84.9 Å². The smallest absolute Gasteiger partial charge is 0.338 e. The molecule has 0 aromatic heterocycles. The average Bonchev–Trinajstić information content (AvgIpc) is 2.68. The van der Waals surface area contributed by atoms with Crippen molar-refractivity contribution in [1.82, 2.24) is 4.90 Å². The summed E-state index contributed by atoms with van der Waals surface area (Å²) in [6, 6.07) is 13.5. The van der Waals surface area contributed by atoms with Crippen molar-refractivity contribution in [2.75, 3.05) is 32.6 Å². The molecule has 7 nitrogen and oxygen atoms in total. The SMILES string of the molecule is COCc1cccc(C(=O)OCC(=O)N(C)CC(=O)Nc2ccccc2Cl)c1. The van der Waals surface area contributed by atoms with Gasteiger partial charge in [0.25, 0.3) is 5.91 Å². The van der Waals surface area contributed by atoms with Crippen molar-refractivity contribution in [3.05, 3.63) is 64.7 Å². The fraction of sp³-hybridized carbons (Fsp3) is 0.250. The van der Waals surface area contributed by atoms with E-state index in [0.717, 1.165) is 5.56 Å². The minimum Gasteiger partial charge on any atom is -0.452 e. The molecular weight excluding hydrogens is 384 g/mol. The summed E-state index contributed by atoms with van der Waals surface area (Å²) in [4.78, 5) is 37.4. The molecule has 0 aliphatic rings. The molecule has 0 saturated heterocycles. The number of anilines is 1. The van der Waals surface area contributed by atoms with Gasteiger partial charge in [-0.25, -0.2) is 4.79 Å². The number of halogens is 1. The third-order valence-electron chi connectivity index (χ3n) is 3.75.